The number of hydrogen-bond donors (Lipinski definition) is 2. The van der Waals surface area contributed by atoms with Crippen molar-refractivity contribution < 1.29 is 29.3 Å². The molecule has 200 valence electrons. The van der Waals surface area contributed by atoms with Gasteiger partial charge in [-0.1, -0.05) is 45.9 Å². The molecule has 3 saturated carbocycles. The first kappa shape index (κ1) is 28.8. The van der Waals surface area contributed by atoms with E-state index in [9.17, 15) is 24.6 Å². The third kappa shape index (κ3) is 4.22. The fourth-order valence-electron chi connectivity index (χ4n) is 7.72. The van der Waals surface area contributed by atoms with Crippen molar-refractivity contribution >= 4 is 29.9 Å². The van der Waals surface area contributed by atoms with Crippen LogP contribution in [0.2, 0.25) is 0 Å². The minimum atomic E-state index is -1.87. The van der Waals surface area contributed by atoms with Gasteiger partial charge in [0.1, 0.15) is 0 Å². The highest BCUT2D eigenvalue weighted by Gasteiger charge is 2.69. The molecule has 0 aromatic carbocycles. The minimum Gasteiger partial charge on any atom is -0.457 e. The van der Waals surface area contributed by atoms with Gasteiger partial charge in [0.2, 0.25) is 5.78 Å². The molecule has 0 radical (unpaired) electrons. The summed E-state index contributed by atoms with van der Waals surface area (Å²) < 4.78 is 5.28. The summed E-state index contributed by atoms with van der Waals surface area (Å²) in [4.78, 5) is 39.6. The van der Waals surface area contributed by atoms with Crippen LogP contribution in [0.1, 0.15) is 53.4 Å². The van der Waals surface area contributed by atoms with Gasteiger partial charge >= 0.3 is 5.97 Å². The normalized spacial score (nSPS) is 39.0. The smallest absolute Gasteiger partial charge is 0.320 e. The molecule has 0 saturated heterocycles. The van der Waals surface area contributed by atoms with E-state index in [-0.39, 0.29) is 48.9 Å². The molecule has 8 heteroatoms. The summed E-state index contributed by atoms with van der Waals surface area (Å²) in [5.74, 6) is -1.19. The average Bonchev–Trinajstić information content (AvgIpc) is 3.02. The second-order valence-electron chi connectivity index (χ2n) is 11.3. The SMILES string of the molecule is C=C1CC2C3CCC4=CC(=O)C=C[C@]4(C)C3C(O)C[C@]2(C)[C@@]1(O)C(=O)COC(=O)CN(CC)CC.Cl. The fourth-order valence-corrected chi connectivity index (χ4v) is 7.72. The molecular weight excluding hydrogens is 482 g/mol. The first-order valence-corrected chi connectivity index (χ1v) is 12.9. The van der Waals surface area contributed by atoms with Crippen LogP contribution < -0.4 is 0 Å². The molecule has 36 heavy (non-hydrogen) atoms. The van der Waals surface area contributed by atoms with E-state index < -0.39 is 40.9 Å². The summed E-state index contributed by atoms with van der Waals surface area (Å²) in [6.45, 7) is 12.9. The van der Waals surface area contributed by atoms with Crippen LogP contribution in [-0.4, -0.2) is 70.6 Å². The van der Waals surface area contributed by atoms with Gasteiger partial charge in [-0.2, -0.15) is 0 Å². The first-order chi connectivity index (χ1) is 16.4. The molecule has 0 spiro atoms. The van der Waals surface area contributed by atoms with Gasteiger partial charge in [-0.3, -0.25) is 19.3 Å². The maximum atomic E-state index is 13.4. The monoisotopic (exact) mass is 521 g/mol. The number of hydrogen-bond acceptors (Lipinski definition) is 7. The highest BCUT2D eigenvalue weighted by atomic mass is 35.5. The van der Waals surface area contributed by atoms with E-state index in [1.807, 2.05) is 31.7 Å². The van der Waals surface area contributed by atoms with Gasteiger partial charge in [0.05, 0.1) is 12.6 Å². The number of Topliss-reactive ketones (excluding diaryl/α,β-unsaturated/α-hetero) is 1. The van der Waals surface area contributed by atoms with Crippen LogP contribution in [0.25, 0.3) is 0 Å². The molecule has 0 aromatic rings. The topological polar surface area (TPSA) is 104 Å². The van der Waals surface area contributed by atoms with Crippen molar-refractivity contribution in [2.75, 3.05) is 26.2 Å². The zero-order chi connectivity index (χ0) is 25.8. The van der Waals surface area contributed by atoms with Gasteiger partial charge in [0, 0.05) is 16.7 Å². The highest BCUT2D eigenvalue weighted by molar-refractivity contribution is 6.01. The third-order valence-electron chi connectivity index (χ3n) is 9.71. The number of carbonyl (C=O) groups excluding carboxylic acids is 3. The number of esters is 1. The van der Waals surface area contributed by atoms with Gasteiger partial charge in [0.15, 0.2) is 18.0 Å². The summed E-state index contributed by atoms with van der Waals surface area (Å²) in [7, 11) is 0. The standard InChI is InChI=1S/C28H39NO6.ClH/c1-6-29(7-2)15-24(33)35-16-23(32)28(34)17(3)12-21-20-9-8-18-13-19(30)10-11-26(18,4)25(20)22(31)14-27(21,28)5;/h10-11,13,20-22,25,31,34H,3,6-9,12,14-16H2,1-2,4-5H3;1H/t20?,21?,22?,25?,26-,27-,28-;/m0./s1. The number of nitrogens with zero attached hydrogens (tertiary/aromatic N) is 1. The van der Waals surface area contributed by atoms with E-state index in [1.165, 1.54) is 0 Å². The molecule has 0 heterocycles. The lowest BCUT2D eigenvalue weighted by Gasteiger charge is -2.59. The lowest BCUT2D eigenvalue weighted by molar-refractivity contribution is -0.176. The number of aliphatic hydroxyl groups excluding tert-OH is 1. The predicted molar refractivity (Wildman–Crippen MR) is 138 cm³/mol. The Morgan fingerprint density at radius 3 is 2.56 bits per heavy atom. The van der Waals surface area contributed by atoms with Crippen LogP contribution in [0, 0.1) is 28.6 Å². The van der Waals surface area contributed by atoms with Crippen molar-refractivity contribution in [3.8, 4) is 0 Å². The number of halogens is 1. The molecular formula is C28H40ClNO6. The number of fused-ring (bicyclic) bond motifs is 5. The Balaban J connectivity index is 0.00000361. The molecule has 0 bridgehead atoms. The fraction of sp³-hybridized carbons (Fsp3) is 0.679. The molecule has 0 aliphatic heterocycles. The van der Waals surface area contributed by atoms with E-state index in [1.54, 1.807) is 12.2 Å². The number of likely N-dealkylation sites (N-methyl/N-ethyl adjacent to an activating group) is 1. The number of ether oxygens (including phenoxy) is 1. The Morgan fingerprint density at radius 1 is 1.25 bits per heavy atom. The molecule has 7 nitrogen and oxygen atoms in total. The third-order valence-corrected chi connectivity index (χ3v) is 9.71. The Labute approximate surface area is 220 Å². The zero-order valence-corrected chi connectivity index (χ0v) is 22.6. The Hall–Kier alpha value is -1.80. The number of carbonyl (C=O) groups is 3. The van der Waals surface area contributed by atoms with Crippen molar-refractivity contribution in [2.45, 2.75) is 65.1 Å². The zero-order valence-electron chi connectivity index (χ0n) is 21.8. The average molecular weight is 522 g/mol. The summed E-state index contributed by atoms with van der Waals surface area (Å²) in [5.41, 5.74) is -1.72. The summed E-state index contributed by atoms with van der Waals surface area (Å²) >= 11 is 0. The van der Waals surface area contributed by atoms with E-state index in [0.717, 1.165) is 18.4 Å². The molecule has 0 amide bonds. The molecule has 0 aromatic heterocycles. The summed E-state index contributed by atoms with van der Waals surface area (Å²) in [6.07, 6.45) is 6.71. The molecule has 4 rings (SSSR count). The number of allylic oxidation sites excluding steroid dienone is 4. The van der Waals surface area contributed by atoms with Crippen molar-refractivity contribution in [3.05, 3.63) is 36.0 Å². The maximum Gasteiger partial charge on any atom is 0.320 e. The van der Waals surface area contributed by atoms with Crippen LogP contribution >= 0.6 is 12.4 Å². The Kier molecular flexibility index (Phi) is 8.12. The minimum absolute atomic E-state index is 0. The number of ketones is 2. The lowest BCUT2D eigenvalue weighted by Crippen LogP contribution is -2.62. The lowest BCUT2D eigenvalue weighted by atomic mass is 9.46. The predicted octanol–water partition coefficient (Wildman–Crippen LogP) is 3.04. The van der Waals surface area contributed by atoms with E-state index >= 15 is 0 Å². The van der Waals surface area contributed by atoms with Gasteiger partial charge in [-0.05, 0) is 68.3 Å². The molecule has 4 aliphatic rings. The van der Waals surface area contributed by atoms with Crippen molar-refractivity contribution in [1.29, 1.82) is 0 Å². The van der Waals surface area contributed by atoms with Crippen LogP contribution in [0.4, 0.5) is 0 Å². The maximum absolute atomic E-state index is 13.4. The van der Waals surface area contributed by atoms with Gasteiger partial charge < -0.3 is 14.9 Å². The van der Waals surface area contributed by atoms with Gasteiger partial charge in [0.25, 0.3) is 0 Å². The second-order valence-corrected chi connectivity index (χ2v) is 11.3. The van der Waals surface area contributed by atoms with Crippen LogP contribution in [0.3, 0.4) is 0 Å². The van der Waals surface area contributed by atoms with E-state index in [0.29, 0.717) is 25.1 Å². The van der Waals surface area contributed by atoms with Gasteiger partial charge in [-0.15, -0.1) is 12.4 Å². The Morgan fingerprint density at radius 2 is 1.92 bits per heavy atom. The van der Waals surface area contributed by atoms with Crippen LogP contribution in [0.15, 0.2) is 36.0 Å². The van der Waals surface area contributed by atoms with Crippen molar-refractivity contribution in [2.24, 2.45) is 28.6 Å². The first-order valence-electron chi connectivity index (χ1n) is 12.9. The van der Waals surface area contributed by atoms with E-state index in [2.05, 4.69) is 13.5 Å². The van der Waals surface area contributed by atoms with Crippen molar-refractivity contribution in [1.82, 2.24) is 4.90 Å². The number of aliphatic hydroxyl groups is 2. The molecule has 3 fully saturated rings. The van der Waals surface area contributed by atoms with Crippen LogP contribution in [0.5, 0.6) is 0 Å². The summed E-state index contributed by atoms with van der Waals surface area (Å²) in [5, 5.41) is 23.3. The number of rotatable bonds is 7. The molecule has 7 atom stereocenters. The summed E-state index contributed by atoms with van der Waals surface area (Å²) in [6, 6.07) is 0. The van der Waals surface area contributed by atoms with Gasteiger partial charge in [-0.25, -0.2) is 0 Å². The molecule has 4 aliphatic carbocycles. The molecule has 4 unspecified atom stereocenters. The highest BCUT2D eigenvalue weighted by Crippen LogP contribution is 2.68. The quantitative estimate of drug-likeness (QED) is 0.392. The Bertz CT molecular complexity index is 1000. The van der Waals surface area contributed by atoms with E-state index in [4.69, 9.17) is 4.74 Å². The largest absolute Gasteiger partial charge is 0.457 e. The van der Waals surface area contributed by atoms with Crippen LogP contribution in [-0.2, 0) is 19.1 Å². The molecule has 2 N–H and O–H groups in total. The second kappa shape index (κ2) is 10.2. The van der Waals surface area contributed by atoms with Crippen molar-refractivity contribution in [3.63, 3.8) is 0 Å².